The van der Waals surface area contributed by atoms with Gasteiger partial charge in [-0.3, -0.25) is 9.20 Å². The van der Waals surface area contributed by atoms with Gasteiger partial charge < -0.3 is 15.0 Å². The van der Waals surface area contributed by atoms with Crippen molar-refractivity contribution >= 4 is 45.7 Å². The van der Waals surface area contributed by atoms with Crippen LogP contribution in [0, 0.1) is 0 Å². The van der Waals surface area contributed by atoms with E-state index in [1.165, 1.54) is 22.9 Å². The normalized spacial score (nSPS) is 15.7. The van der Waals surface area contributed by atoms with Crippen LogP contribution in [0.15, 0.2) is 71.9 Å². The molecule has 0 bridgehead atoms. The Kier molecular flexibility index (Phi) is 5.79. The van der Waals surface area contributed by atoms with Crippen molar-refractivity contribution in [1.82, 2.24) is 23.9 Å². The van der Waals surface area contributed by atoms with Gasteiger partial charge in [-0.25, -0.2) is 14.5 Å². The van der Waals surface area contributed by atoms with Crippen LogP contribution >= 0.6 is 11.6 Å². The van der Waals surface area contributed by atoms with Crippen LogP contribution in [0.5, 0.6) is 0 Å². The van der Waals surface area contributed by atoms with E-state index in [9.17, 15) is 4.79 Å². The number of anilines is 3. The van der Waals surface area contributed by atoms with Crippen LogP contribution in [0.4, 0.5) is 17.3 Å². The molecule has 0 aliphatic carbocycles. The predicted octanol–water partition coefficient (Wildman–Crippen LogP) is 4.44. The third-order valence-electron chi connectivity index (χ3n) is 6.54. The average Bonchev–Trinajstić information content (AvgIpc) is 3.56. The van der Waals surface area contributed by atoms with Crippen LogP contribution in [-0.2, 0) is 4.74 Å². The molecule has 6 rings (SSSR count). The number of rotatable bonds is 6. The maximum Gasteiger partial charge on any atom is 0.270 e. The largest absolute Gasteiger partial charge is 0.383 e. The number of aromatic nitrogens is 5. The SMILES string of the molecule is COC[C@H]1CCCN1c1ccc(Nc2ncc3c(=O)n(-c4ccccc4Cl)c4nccn4c3n2)cc1. The Balaban J connectivity index is 1.34. The Labute approximate surface area is 212 Å². The molecule has 5 aromatic rings. The number of imidazole rings is 1. The first-order chi connectivity index (χ1) is 17.6. The molecule has 9 nitrogen and oxygen atoms in total. The molecule has 1 atom stereocenters. The minimum Gasteiger partial charge on any atom is -0.383 e. The Morgan fingerprint density at radius 1 is 1.14 bits per heavy atom. The summed E-state index contributed by atoms with van der Waals surface area (Å²) in [4.78, 5) is 29.3. The second kappa shape index (κ2) is 9.25. The van der Waals surface area contributed by atoms with Crippen molar-refractivity contribution in [3.8, 4) is 5.69 Å². The van der Waals surface area contributed by atoms with Gasteiger partial charge in [0.1, 0.15) is 5.39 Å². The van der Waals surface area contributed by atoms with E-state index in [-0.39, 0.29) is 5.56 Å². The molecule has 1 N–H and O–H groups in total. The summed E-state index contributed by atoms with van der Waals surface area (Å²) in [5, 5.41) is 4.07. The number of fused-ring (bicyclic) bond motifs is 3. The molecular weight excluding hydrogens is 478 g/mol. The molecule has 0 saturated carbocycles. The fourth-order valence-electron chi connectivity index (χ4n) is 4.86. The second-order valence-corrected chi connectivity index (χ2v) is 9.14. The van der Waals surface area contributed by atoms with Crippen LogP contribution in [0.1, 0.15) is 12.8 Å². The van der Waals surface area contributed by atoms with Crippen molar-refractivity contribution < 1.29 is 4.74 Å². The summed E-state index contributed by atoms with van der Waals surface area (Å²) < 4.78 is 8.62. The Bertz CT molecular complexity index is 1610. The molecule has 182 valence electrons. The van der Waals surface area contributed by atoms with E-state index in [0.717, 1.165) is 25.3 Å². The maximum absolute atomic E-state index is 13.4. The number of ether oxygens (including phenoxy) is 1. The molecule has 2 aromatic carbocycles. The van der Waals surface area contributed by atoms with Crippen LogP contribution < -0.4 is 15.8 Å². The molecule has 3 aromatic heterocycles. The molecule has 36 heavy (non-hydrogen) atoms. The van der Waals surface area contributed by atoms with Crippen molar-refractivity contribution in [2.45, 2.75) is 18.9 Å². The zero-order valence-corrected chi connectivity index (χ0v) is 20.4. The van der Waals surface area contributed by atoms with E-state index in [4.69, 9.17) is 16.3 Å². The van der Waals surface area contributed by atoms with Gasteiger partial charge in [0.2, 0.25) is 11.7 Å². The number of hydrogen-bond acceptors (Lipinski definition) is 7. The zero-order chi connectivity index (χ0) is 24.6. The number of methoxy groups -OCH3 is 1. The van der Waals surface area contributed by atoms with Gasteiger partial charge in [0.15, 0.2) is 5.65 Å². The molecule has 0 radical (unpaired) electrons. The van der Waals surface area contributed by atoms with E-state index in [1.807, 2.05) is 24.3 Å². The summed E-state index contributed by atoms with van der Waals surface area (Å²) in [6, 6.07) is 15.8. The van der Waals surface area contributed by atoms with Crippen LogP contribution in [0.2, 0.25) is 5.02 Å². The summed E-state index contributed by atoms with van der Waals surface area (Å²) in [6.45, 7) is 1.76. The monoisotopic (exact) mass is 501 g/mol. The highest BCUT2D eigenvalue weighted by atomic mass is 35.5. The Morgan fingerprint density at radius 3 is 2.78 bits per heavy atom. The third kappa shape index (κ3) is 3.86. The first kappa shape index (κ1) is 22.5. The standard InChI is InChI=1S/C26H24ClN7O2/c1-36-16-19-5-4-13-32(19)18-10-8-17(9-11-18)30-25-29-15-20-23(31-25)33-14-12-28-26(33)34(24(20)35)22-7-3-2-6-21(22)27/h2-3,6-12,14-15,19H,4-5,13,16H2,1H3,(H,29,30,31)/t19-/m1/s1. The topological polar surface area (TPSA) is 89.6 Å². The van der Waals surface area contributed by atoms with Crippen LogP contribution in [0.3, 0.4) is 0 Å². The van der Waals surface area contributed by atoms with E-state index in [2.05, 4.69) is 37.3 Å². The molecule has 0 unspecified atom stereocenters. The Hall–Kier alpha value is -3.95. The molecule has 1 aliphatic rings. The second-order valence-electron chi connectivity index (χ2n) is 8.74. The highest BCUT2D eigenvalue weighted by molar-refractivity contribution is 6.32. The third-order valence-corrected chi connectivity index (χ3v) is 6.86. The lowest BCUT2D eigenvalue weighted by Crippen LogP contribution is -2.32. The number of nitrogens with zero attached hydrogens (tertiary/aromatic N) is 6. The summed E-state index contributed by atoms with van der Waals surface area (Å²) >= 11 is 6.39. The first-order valence-corrected chi connectivity index (χ1v) is 12.1. The van der Waals surface area contributed by atoms with Gasteiger partial charge in [-0.15, -0.1) is 0 Å². The molecule has 1 aliphatic heterocycles. The summed E-state index contributed by atoms with van der Waals surface area (Å²) in [7, 11) is 1.75. The van der Waals surface area contributed by atoms with Gasteiger partial charge in [0, 0.05) is 43.6 Å². The number of halogens is 1. The van der Waals surface area contributed by atoms with Gasteiger partial charge >= 0.3 is 0 Å². The van der Waals surface area contributed by atoms with E-state index in [0.29, 0.717) is 39.5 Å². The van der Waals surface area contributed by atoms with Crippen molar-refractivity contribution in [1.29, 1.82) is 0 Å². The molecule has 1 fully saturated rings. The lowest BCUT2D eigenvalue weighted by atomic mass is 10.2. The first-order valence-electron chi connectivity index (χ1n) is 11.8. The van der Waals surface area contributed by atoms with Crippen molar-refractivity contribution in [2.24, 2.45) is 0 Å². The van der Waals surface area contributed by atoms with Crippen LogP contribution in [-0.4, -0.2) is 50.2 Å². The number of benzene rings is 2. The number of para-hydroxylation sites is 1. The summed E-state index contributed by atoms with van der Waals surface area (Å²) in [5.41, 5.74) is 2.75. The summed E-state index contributed by atoms with van der Waals surface area (Å²) in [6.07, 6.45) is 7.24. The lowest BCUT2D eigenvalue weighted by molar-refractivity contribution is 0.181. The smallest absolute Gasteiger partial charge is 0.270 e. The lowest BCUT2D eigenvalue weighted by Gasteiger charge is -2.26. The predicted molar refractivity (Wildman–Crippen MR) is 141 cm³/mol. The quantitative estimate of drug-likeness (QED) is 0.368. The van der Waals surface area contributed by atoms with E-state index >= 15 is 0 Å². The molecule has 1 saturated heterocycles. The fourth-order valence-corrected chi connectivity index (χ4v) is 5.08. The highest BCUT2D eigenvalue weighted by Gasteiger charge is 2.24. The van der Waals surface area contributed by atoms with Gasteiger partial charge in [-0.1, -0.05) is 23.7 Å². The molecule has 4 heterocycles. The molecule has 0 amide bonds. The number of hydrogen-bond donors (Lipinski definition) is 1. The minimum atomic E-state index is -0.288. The molecule has 0 spiro atoms. The van der Waals surface area contributed by atoms with Gasteiger partial charge in [0.25, 0.3) is 5.56 Å². The molecular formula is C26H24ClN7O2. The van der Waals surface area contributed by atoms with E-state index in [1.54, 1.807) is 36.0 Å². The van der Waals surface area contributed by atoms with Crippen LogP contribution in [0.25, 0.3) is 22.5 Å². The Morgan fingerprint density at radius 2 is 1.97 bits per heavy atom. The average molecular weight is 502 g/mol. The van der Waals surface area contributed by atoms with Gasteiger partial charge in [-0.05, 0) is 49.2 Å². The van der Waals surface area contributed by atoms with Gasteiger partial charge in [-0.2, -0.15) is 4.98 Å². The molecule has 10 heteroatoms. The fraction of sp³-hybridized carbons (Fsp3) is 0.231. The van der Waals surface area contributed by atoms with Gasteiger partial charge in [0.05, 0.1) is 23.4 Å². The zero-order valence-electron chi connectivity index (χ0n) is 19.6. The van der Waals surface area contributed by atoms with Crippen molar-refractivity contribution in [2.75, 3.05) is 30.5 Å². The minimum absolute atomic E-state index is 0.288. The highest BCUT2D eigenvalue weighted by Crippen LogP contribution is 2.28. The number of nitrogens with one attached hydrogen (secondary N) is 1. The summed E-state index contributed by atoms with van der Waals surface area (Å²) in [5.74, 6) is 0.810. The maximum atomic E-state index is 13.4. The van der Waals surface area contributed by atoms with Crippen molar-refractivity contribution in [3.63, 3.8) is 0 Å². The van der Waals surface area contributed by atoms with E-state index < -0.39 is 0 Å². The van der Waals surface area contributed by atoms with Crippen molar-refractivity contribution in [3.05, 3.63) is 82.5 Å².